The summed E-state index contributed by atoms with van der Waals surface area (Å²) in [5, 5.41) is 2.81. The third kappa shape index (κ3) is 6.38. The van der Waals surface area contributed by atoms with Crippen LogP contribution in [0, 0.1) is 0 Å². The zero-order valence-electron chi connectivity index (χ0n) is 21.5. The fourth-order valence-corrected chi connectivity index (χ4v) is 4.77. The van der Waals surface area contributed by atoms with E-state index in [1.165, 1.54) is 0 Å². The lowest BCUT2D eigenvalue weighted by atomic mass is 10.0. The van der Waals surface area contributed by atoms with Gasteiger partial charge in [0.15, 0.2) is 0 Å². The van der Waals surface area contributed by atoms with Crippen LogP contribution in [0.15, 0.2) is 48.7 Å². The Balaban J connectivity index is 1.24. The lowest BCUT2D eigenvalue weighted by molar-refractivity contribution is -0.130. The number of carbonyl (C=O) groups excluding carboxylic acids is 3. The topological polar surface area (TPSA) is 87.1 Å². The molecule has 2 fully saturated rings. The van der Waals surface area contributed by atoms with Crippen molar-refractivity contribution in [2.75, 3.05) is 50.7 Å². The average molecular weight is 496 g/mol. The molecular formula is C27H37N5O4. The summed E-state index contributed by atoms with van der Waals surface area (Å²) in [5.74, 6) is -0.328. The van der Waals surface area contributed by atoms with Gasteiger partial charge in [-0.2, -0.15) is 0 Å². The Morgan fingerprint density at radius 1 is 0.889 bits per heavy atom. The first-order valence-corrected chi connectivity index (χ1v) is 12.7. The van der Waals surface area contributed by atoms with E-state index in [9.17, 15) is 14.4 Å². The standard InChI is InChI=1S/C27H37N5O4/c1-27(2,3)36-26(35)31-14-11-22(12-15-31)32-13-7-10-23(32)25(34)28-20-24(33)30-18-16-29(17-19-30)21-8-5-4-6-9-21/h4-10,13,22H,11-12,14-20H2,1-3H3,(H,28,34). The molecule has 194 valence electrons. The van der Waals surface area contributed by atoms with Gasteiger partial charge in [-0.05, 0) is 57.9 Å². The Bertz CT molecular complexity index is 1050. The van der Waals surface area contributed by atoms with Gasteiger partial charge in [-0.3, -0.25) is 9.59 Å². The summed E-state index contributed by atoms with van der Waals surface area (Å²) in [6, 6.07) is 13.9. The number of anilines is 1. The molecule has 1 aromatic heterocycles. The monoisotopic (exact) mass is 495 g/mol. The molecule has 2 aliphatic heterocycles. The molecule has 1 aromatic carbocycles. The van der Waals surface area contributed by atoms with Crippen molar-refractivity contribution in [1.29, 1.82) is 0 Å². The lowest BCUT2D eigenvalue weighted by Gasteiger charge is -2.36. The molecule has 9 nitrogen and oxygen atoms in total. The smallest absolute Gasteiger partial charge is 0.410 e. The molecule has 2 aliphatic rings. The van der Waals surface area contributed by atoms with Crippen molar-refractivity contribution < 1.29 is 19.1 Å². The number of nitrogens with one attached hydrogen (secondary N) is 1. The predicted molar refractivity (Wildman–Crippen MR) is 138 cm³/mol. The summed E-state index contributed by atoms with van der Waals surface area (Å²) in [5.41, 5.74) is 1.18. The van der Waals surface area contributed by atoms with E-state index in [4.69, 9.17) is 4.74 Å². The molecule has 0 saturated carbocycles. The Hall–Kier alpha value is -3.49. The molecule has 3 heterocycles. The van der Waals surface area contributed by atoms with Crippen LogP contribution in [0.25, 0.3) is 0 Å². The predicted octanol–water partition coefficient (Wildman–Crippen LogP) is 3.14. The number of amides is 3. The number of piperazine rings is 1. The molecule has 0 radical (unpaired) electrons. The molecule has 36 heavy (non-hydrogen) atoms. The van der Waals surface area contributed by atoms with Crippen molar-refractivity contribution in [1.82, 2.24) is 19.7 Å². The highest BCUT2D eigenvalue weighted by Crippen LogP contribution is 2.26. The molecule has 2 aromatic rings. The Morgan fingerprint density at radius 3 is 2.19 bits per heavy atom. The molecule has 0 bridgehead atoms. The Kier molecular flexibility index (Phi) is 7.86. The summed E-state index contributed by atoms with van der Waals surface area (Å²) in [4.78, 5) is 43.8. The molecule has 0 unspecified atom stereocenters. The van der Waals surface area contributed by atoms with Crippen LogP contribution in [0.4, 0.5) is 10.5 Å². The SMILES string of the molecule is CC(C)(C)OC(=O)N1CCC(n2cccc2C(=O)NCC(=O)N2CCN(c3ccccc3)CC2)CC1. The van der Waals surface area contributed by atoms with Crippen molar-refractivity contribution in [2.24, 2.45) is 0 Å². The van der Waals surface area contributed by atoms with Crippen LogP contribution < -0.4 is 10.2 Å². The molecule has 9 heteroatoms. The maximum Gasteiger partial charge on any atom is 0.410 e. The van der Waals surface area contributed by atoms with Gasteiger partial charge in [0.05, 0.1) is 6.54 Å². The van der Waals surface area contributed by atoms with Crippen LogP contribution in [-0.2, 0) is 9.53 Å². The third-order valence-electron chi connectivity index (χ3n) is 6.68. The maximum atomic E-state index is 12.9. The van der Waals surface area contributed by atoms with E-state index < -0.39 is 5.60 Å². The van der Waals surface area contributed by atoms with Crippen LogP contribution in [0.2, 0.25) is 0 Å². The minimum absolute atomic E-state index is 0.0214. The van der Waals surface area contributed by atoms with E-state index in [1.807, 2.05) is 60.7 Å². The largest absolute Gasteiger partial charge is 0.444 e. The van der Waals surface area contributed by atoms with Crippen molar-refractivity contribution in [2.45, 2.75) is 45.3 Å². The van der Waals surface area contributed by atoms with Gasteiger partial charge in [0.1, 0.15) is 11.3 Å². The normalized spacial score (nSPS) is 17.1. The van der Waals surface area contributed by atoms with Crippen LogP contribution in [0.5, 0.6) is 0 Å². The van der Waals surface area contributed by atoms with Crippen molar-refractivity contribution >= 4 is 23.6 Å². The highest BCUT2D eigenvalue weighted by molar-refractivity contribution is 5.95. The van der Waals surface area contributed by atoms with Gasteiger partial charge in [-0.25, -0.2) is 4.79 Å². The number of para-hydroxylation sites is 1. The zero-order chi connectivity index (χ0) is 25.7. The zero-order valence-corrected chi connectivity index (χ0v) is 21.5. The first-order valence-electron chi connectivity index (χ1n) is 12.7. The second-order valence-electron chi connectivity index (χ2n) is 10.4. The number of benzene rings is 1. The number of nitrogens with zero attached hydrogens (tertiary/aromatic N) is 4. The second-order valence-corrected chi connectivity index (χ2v) is 10.4. The van der Waals surface area contributed by atoms with Gasteiger partial charge in [-0.1, -0.05) is 18.2 Å². The van der Waals surface area contributed by atoms with Crippen molar-refractivity contribution in [3.05, 3.63) is 54.4 Å². The lowest BCUT2D eigenvalue weighted by Crippen LogP contribution is -2.51. The van der Waals surface area contributed by atoms with Gasteiger partial charge in [0.25, 0.3) is 5.91 Å². The van der Waals surface area contributed by atoms with Gasteiger partial charge >= 0.3 is 6.09 Å². The highest BCUT2D eigenvalue weighted by atomic mass is 16.6. The van der Waals surface area contributed by atoms with Gasteiger partial charge in [-0.15, -0.1) is 0 Å². The Morgan fingerprint density at radius 2 is 1.56 bits per heavy atom. The molecular weight excluding hydrogens is 458 g/mol. The minimum Gasteiger partial charge on any atom is -0.444 e. The van der Waals surface area contributed by atoms with E-state index in [2.05, 4.69) is 22.3 Å². The number of piperidine rings is 1. The number of aromatic nitrogens is 1. The molecule has 0 spiro atoms. The number of rotatable bonds is 5. The number of hydrogen-bond acceptors (Lipinski definition) is 5. The molecule has 0 aliphatic carbocycles. The van der Waals surface area contributed by atoms with Crippen LogP contribution in [0.1, 0.15) is 50.1 Å². The van der Waals surface area contributed by atoms with Gasteiger partial charge < -0.3 is 29.3 Å². The Labute approximate surface area is 213 Å². The average Bonchev–Trinajstić information content (AvgIpc) is 3.37. The summed E-state index contributed by atoms with van der Waals surface area (Å²) < 4.78 is 7.44. The first-order chi connectivity index (χ1) is 17.2. The van der Waals surface area contributed by atoms with Gasteiger partial charge in [0.2, 0.25) is 5.91 Å². The quantitative estimate of drug-likeness (QED) is 0.689. The number of ether oxygens (including phenoxy) is 1. The van der Waals surface area contributed by atoms with E-state index >= 15 is 0 Å². The van der Waals surface area contributed by atoms with Gasteiger partial charge in [0, 0.05) is 57.2 Å². The molecule has 0 atom stereocenters. The summed E-state index contributed by atoms with van der Waals surface area (Å²) in [7, 11) is 0. The van der Waals surface area contributed by atoms with Crippen molar-refractivity contribution in [3.63, 3.8) is 0 Å². The van der Waals surface area contributed by atoms with E-state index in [-0.39, 0.29) is 30.5 Å². The number of carbonyl (C=O) groups is 3. The van der Waals surface area contributed by atoms with E-state index in [1.54, 1.807) is 11.0 Å². The third-order valence-corrected chi connectivity index (χ3v) is 6.68. The molecule has 4 rings (SSSR count). The van der Waals surface area contributed by atoms with Crippen LogP contribution >= 0.6 is 0 Å². The molecule has 2 saturated heterocycles. The highest BCUT2D eigenvalue weighted by Gasteiger charge is 2.29. The van der Waals surface area contributed by atoms with Crippen LogP contribution in [-0.4, -0.2) is 83.7 Å². The van der Waals surface area contributed by atoms with E-state index in [0.717, 1.165) is 31.6 Å². The van der Waals surface area contributed by atoms with Crippen molar-refractivity contribution in [3.8, 4) is 0 Å². The van der Waals surface area contributed by atoms with E-state index in [0.29, 0.717) is 31.9 Å². The first kappa shape index (κ1) is 25.6. The fourth-order valence-electron chi connectivity index (χ4n) is 4.77. The minimum atomic E-state index is -0.521. The summed E-state index contributed by atoms with van der Waals surface area (Å²) in [6.07, 6.45) is 3.07. The molecule has 1 N–H and O–H groups in total. The van der Waals surface area contributed by atoms with Crippen LogP contribution in [0.3, 0.4) is 0 Å². The summed E-state index contributed by atoms with van der Waals surface area (Å²) >= 11 is 0. The summed E-state index contributed by atoms with van der Waals surface area (Å²) in [6.45, 7) is 9.52. The fraction of sp³-hybridized carbons (Fsp3) is 0.519. The maximum absolute atomic E-state index is 12.9. The number of hydrogen-bond donors (Lipinski definition) is 1. The number of likely N-dealkylation sites (tertiary alicyclic amines) is 1. The molecule has 3 amide bonds. The second kappa shape index (κ2) is 11.1.